The molecule has 0 saturated carbocycles. The maximum absolute atomic E-state index is 12.7. The van der Waals surface area contributed by atoms with Crippen molar-refractivity contribution < 1.29 is 9.50 Å². The van der Waals surface area contributed by atoms with Gasteiger partial charge in [-0.3, -0.25) is 4.98 Å². The molecule has 13 heavy (non-hydrogen) atoms. The van der Waals surface area contributed by atoms with Gasteiger partial charge in [0.05, 0.1) is 6.20 Å². The third kappa shape index (κ3) is 2.27. The van der Waals surface area contributed by atoms with E-state index in [9.17, 15) is 9.50 Å². The Hall–Kier alpha value is -1.40. The predicted octanol–water partition coefficient (Wildman–Crippen LogP) is 1.45. The van der Waals surface area contributed by atoms with Crippen LogP contribution in [-0.2, 0) is 5.60 Å². The van der Waals surface area contributed by atoms with Crippen LogP contribution in [0.3, 0.4) is 0 Å². The van der Waals surface area contributed by atoms with Crippen LogP contribution in [0.2, 0.25) is 0 Å². The fraction of sp³-hybridized carbons (Fsp3) is 0.300. The fourth-order valence-corrected chi connectivity index (χ4v) is 0.994. The molecule has 1 aromatic heterocycles. The van der Waals surface area contributed by atoms with Gasteiger partial charge in [0.25, 0.3) is 0 Å². The number of hydrogen-bond acceptors (Lipinski definition) is 2. The first-order valence-electron chi connectivity index (χ1n) is 3.83. The van der Waals surface area contributed by atoms with Crippen LogP contribution in [0.1, 0.15) is 19.4 Å². The van der Waals surface area contributed by atoms with Crippen LogP contribution >= 0.6 is 0 Å². The monoisotopic (exact) mass is 179 g/mol. The molecule has 0 aliphatic heterocycles. The molecule has 0 aliphatic carbocycles. The van der Waals surface area contributed by atoms with Crippen molar-refractivity contribution in [3.05, 3.63) is 29.8 Å². The van der Waals surface area contributed by atoms with Gasteiger partial charge in [-0.2, -0.15) is 0 Å². The van der Waals surface area contributed by atoms with Crippen molar-refractivity contribution >= 4 is 0 Å². The molecule has 0 aliphatic rings. The van der Waals surface area contributed by atoms with E-state index in [0.29, 0.717) is 5.56 Å². The van der Waals surface area contributed by atoms with E-state index in [0.717, 1.165) is 6.20 Å². The summed E-state index contributed by atoms with van der Waals surface area (Å²) >= 11 is 0. The lowest BCUT2D eigenvalue weighted by molar-refractivity contribution is 0.121. The van der Waals surface area contributed by atoms with Crippen molar-refractivity contribution in [1.82, 2.24) is 4.98 Å². The summed E-state index contributed by atoms with van der Waals surface area (Å²) in [6.45, 7) is 3.11. The lowest BCUT2D eigenvalue weighted by atomic mass is 9.99. The zero-order valence-electron chi connectivity index (χ0n) is 7.50. The number of aliphatic hydroxyl groups is 1. The van der Waals surface area contributed by atoms with Crippen LogP contribution in [0.15, 0.2) is 18.5 Å². The molecule has 1 unspecified atom stereocenters. The summed E-state index contributed by atoms with van der Waals surface area (Å²) in [6, 6.07) is 1.22. The second kappa shape index (κ2) is 3.55. The Morgan fingerprint density at radius 3 is 2.77 bits per heavy atom. The molecule has 1 N–H and O–H groups in total. The second-order valence-corrected chi connectivity index (χ2v) is 2.84. The Morgan fingerprint density at radius 1 is 1.54 bits per heavy atom. The minimum Gasteiger partial charge on any atom is -0.374 e. The van der Waals surface area contributed by atoms with Gasteiger partial charge in [0.1, 0.15) is 11.4 Å². The molecule has 68 valence electrons. The van der Waals surface area contributed by atoms with E-state index in [4.69, 9.17) is 0 Å². The molecule has 0 spiro atoms. The molecule has 0 radical (unpaired) electrons. The van der Waals surface area contributed by atoms with Crippen LogP contribution in [0.25, 0.3) is 0 Å². The highest BCUT2D eigenvalue weighted by Crippen LogP contribution is 2.18. The Morgan fingerprint density at radius 2 is 2.23 bits per heavy atom. The summed E-state index contributed by atoms with van der Waals surface area (Å²) in [5.74, 6) is 4.66. The molecule has 0 bridgehead atoms. The quantitative estimate of drug-likeness (QED) is 0.662. The van der Waals surface area contributed by atoms with Gasteiger partial charge in [0.2, 0.25) is 0 Å². The van der Waals surface area contributed by atoms with Crippen LogP contribution in [0.4, 0.5) is 4.39 Å². The Balaban J connectivity index is 3.12. The summed E-state index contributed by atoms with van der Waals surface area (Å²) in [5, 5.41) is 9.73. The molecular formula is C10H10FNO. The van der Waals surface area contributed by atoms with Crippen LogP contribution < -0.4 is 0 Å². The first-order valence-corrected chi connectivity index (χ1v) is 3.83. The van der Waals surface area contributed by atoms with E-state index in [1.807, 2.05) is 0 Å². The minimum atomic E-state index is -1.33. The molecule has 3 heteroatoms. The van der Waals surface area contributed by atoms with Gasteiger partial charge in [-0.15, -0.1) is 5.92 Å². The number of halogens is 1. The number of nitrogens with zero attached hydrogens (tertiary/aromatic N) is 1. The molecule has 0 fully saturated rings. The summed E-state index contributed by atoms with van der Waals surface area (Å²) < 4.78 is 12.7. The topological polar surface area (TPSA) is 33.1 Å². The largest absolute Gasteiger partial charge is 0.374 e. The maximum Gasteiger partial charge on any atom is 0.149 e. The zero-order valence-corrected chi connectivity index (χ0v) is 7.50. The highest BCUT2D eigenvalue weighted by atomic mass is 19.1. The molecule has 1 heterocycles. The highest BCUT2D eigenvalue weighted by molar-refractivity contribution is 5.28. The lowest BCUT2D eigenvalue weighted by Crippen LogP contribution is -2.18. The van der Waals surface area contributed by atoms with Gasteiger partial charge in [0.15, 0.2) is 0 Å². The summed E-state index contributed by atoms with van der Waals surface area (Å²) in [7, 11) is 0. The van der Waals surface area contributed by atoms with E-state index in [1.54, 1.807) is 6.92 Å². The van der Waals surface area contributed by atoms with Crippen LogP contribution in [-0.4, -0.2) is 10.1 Å². The van der Waals surface area contributed by atoms with Gasteiger partial charge in [-0.25, -0.2) is 4.39 Å². The Bertz CT molecular complexity index is 363. The second-order valence-electron chi connectivity index (χ2n) is 2.84. The normalized spacial score (nSPS) is 14.2. The average molecular weight is 179 g/mol. The number of aromatic nitrogens is 1. The van der Waals surface area contributed by atoms with Crippen molar-refractivity contribution in [2.24, 2.45) is 0 Å². The smallest absolute Gasteiger partial charge is 0.149 e. The molecule has 0 aromatic carbocycles. The van der Waals surface area contributed by atoms with Gasteiger partial charge in [-0.05, 0) is 19.9 Å². The number of pyridine rings is 1. The van der Waals surface area contributed by atoms with Crippen molar-refractivity contribution in [1.29, 1.82) is 0 Å². The van der Waals surface area contributed by atoms with Gasteiger partial charge in [-0.1, -0.05) is 5.92 Å². The number of rotatable bonds is 1. The van der Waals surface area contributed by atoms with Crippen molar-refractivity contribution in [3.8, 4) is 11.8 Å². The van der Waals surface area contributed by atoms with Gasteiger partial charge < -0.3 is 5.11 Å². The zero-order chi connectivity index (χ0) is 9.90. The molecule has 1 rings (SSSR count). The summed E-state index contributed by atoms with van der Waals surface area (Å²) in [6.07, 6.45) is 2.48. The standard InChI is InChI=1S/C10H10FNO/c1-3-4-10(2,13)8-5-9(11)7-12-6-8/h5-7,13H,1-2H3. The molecular weight excluding hydrogens is 169 g/mol. The van der Waals surface area contributed by atoms with Crippen molar-refractivity contribution in [2.45, 2.75) is 19.4 Å². The average Bonchev–Trinajstić information content (AvgIpc) is 2.04. The van der Waals surface area contributed by atoms with Crippen LogP contribution in [0.5, 0.6) is 0 Å². The third-order valence-corrected chi connectivity index (χ3v) is 1.64. The van der Waals surface area contributed by atoms with Crippen molar-refractivity contribution in [3.63, 3.8) is 0 Å². The van der Waals surface area contributed by atoms with Gasteiger partial charge in [0, 0.05) is 11.8 Å². The number of hydrogen-bond donors (Lipinski definition) is 1. The fourth-order valence-electron chi connectivity index (χ4n) is 0.994. The lowest BCUT2D eigenvalue weighted by Gasteiger charge is -2.15. The predicted molar refractivity (Wildman–Crippen MR) is 47.2 cm³/mol. The molecule has 2 nitrogen and oxygen atoms in total. The Kier molecular flexibility index (Phi) is 2.64. The molecule has 1 aromatic rings. The van der Waals surface area contributed by atoms with E-state index in [-0.39, 0.29) is 0 Å². The van der Waals surface area contributed by atoms with Gasteiger partial charge >= 0.3 is 0 Å². The van der Waals surface area contributed by atoms with Crippen LogP contribution in [0, 0.1) is 17.7 Å². The van der Waals surface area contributed by atoms with E-state index in [1.165, 1.54) is 19.2 Å². The minimum absolute atomic E-state index is 0.363. The van der Waals surface area contributed by atoms with E-state index < -0.39 is 11.4 Å². The first-order chi connectivity index (χ1) is 6.06. The summed E-state index contributed by atoms with van der Waals surface area (Å²) in [5.41, 5.74) is -0.967. The van der Waals surface area contributed by atoms with E-state index in [2.05, 4.69) is 16.8 Å². The van der Waals surface area contributed by atoms with Crippen molar-refractivity contribution in [2.75, 3.05) is 0 Å². The third-order valence-electron chi connectivity index (χ3n) is 1.64. The first kappa shape index (κ1) is 9.69. The highest BCUT2D eigenvalue weighted by Gasteiger charge is 2.20. The molecule has 1 atom stereocenters. The maximum atomic E-state index is 12.7. The van der Waals surface area contributed by atoms with E-state index >= 15 is 0 Å². The Labute approximate surface area is 76.4 Å². The molecule has 0 amide bonds. The SMILES string of the molecule is CC#CC(C)(O)c1cncc(F)c1. The molecule has 0 saturated heterocycles. The summed E-state index contributed by atoms with van der Waals surface area (Å²) in [4.78, 5) is 3.63.